The Morgan fingerprint density at radius 2 is 2.15 bits per heavy atom. The second-order valence-corrected chi connectivity index (χ2v) is 6.00. The number of nitrogens with zero attached hydrogens (tertiary/aromatic N) is 3. The summed E-state index contributed by atoms with van der Waals surface area (Å²) in [5.41, 5.74) is 1.89. The fourth-order valence-corrected chi connectivity index (χ4v) is 3.09. The van der Waals surface area contributed by atoms with Gasteiger partial charge in [-0.1, -0.05) is 19.1 Å². The average Bonchev–Trinajstić information content (AvgIpc) is 3.28. The van der Waals surface area contributed by atoms with Gasteiger partial charge in [-0.3, -0.25) is 4.79 Å². The SMILES string of the molecule is CCc1nccn1-c1ccccc1NC1=C(C(=O)OC)CN(CCO)C1=O. The molecule has 0 saturated heterocycles. The second-order valence-electron chi connectivity index (χ2n) is 6.00. The van der Waals surface area contributed by atoms with Gasteiger partial charge in [0.15, 0.2) is 0 Å². The highest BCUT2D eigenvalue weighted by atomic mass is 16.5. The highest BCUT2D eigenvalue weighted by molar-refractivity contribution is 6.08. The average molecular weight is 370 g/mol. The van der Waals surface area contributed by atoms with Crippen LogP contribution in [0.3, 0.4) is 0 Å². The van der Waals surface area contributed by atoms with E-state index in [9.17, 15) is 14.7 Å². The zero-order valence-electron chi connectivity index (χ0n) is 15.3. The molecule has 1 aliphatic rings. The lowest BCUT2D eigenvalue weighted by Crippen LogP contribution is -2.31. The highest BCUT2D eigenvalue weighted by Crippen LogP contribution is 2.27. The molecule has 27 heavy (non-hydrogen) atoms. The van der Waals surface area contributed by atoms with Gasteiger partial charge >= 0.3 is 5.97 Å². The zero-order chi connectivity index (χ0) is 19.4. The number of carbonyl (C=O) groups excluding carboxylic acids is 2. The van der Waals surface area contributed by atoms with Crippen molar-refractivity contribution in [2.45, 2.75) is 13.3 Å². The van der Waals surface area contributed by atoms with Crippen molar-refractivity contribution >= 4 is 17.6 Å². The van der Waals surface area contributed by atoms with Gasteiger partial charge in [0.1, 0.15) is 11.5 Å². The Morgan fingerprint density at radius 3 is 2.85 bits per heavy atom. The number of imidazole rings is 1. The molecule has 3 rings (SSSR count). The number of hydrogen-bond donors (Lipinski definition) is 2. The molecule has 0 spiro atoms. The minimum atomic E-state index is -0.569. The van der Waals surface area contributed by atoms with E-state index in [1.807, 2.05) is 42.0 Å². The molecular weight excluding hydrogens is 348 g/mol. The lowest BCUT2D eigenvalue weighted by molar-refractivity contribution is -0.136. The van der Waals surface area contributed by atoms with Crippen LogP contribution in [0.25, 0.3) is 5.69 Å². The Bertz CT molecular complexity index is 887. The maximum Gasteiger partial charge on any atom is 0.337 e. The number of methoxy groups -OCH3 is 1. The first-order valence-electron chi connectivity index (χ1n) is 8.71. The maximum absolute atomic E-state index is 12.7. The first kappa shape index (κ1) is 18.7. The van der Waals surface area contributed by atoms with E-state index in [0.29, 0.717) is 5.69 Å². The predicted molar refractivity (Wildman–Crippen MR) is 99.3 cm³/mol. The van der Waals surface area contributed by atoms with Crippen LogP contribution in [0.15, 0.2) is 47.9 Å². The number of ether oxygens (including phenoxy) is 1. The summed E-state index contributed by atoms with van der Waals surface area (Å²) in [4.78, 5) is 30.6. The van der Waals surface area contributed by atoms with E-state index < -0.39 is 5.97 Å². The predicted octanol–water partition coefficient (Wildman–Crippen LogP) is 1.11. The number of aryl methyl sites for hydroxylation is 1. The molecule has 0 radical (unpaired) electrons. The second kappa shape index (κ2) is 8.05. The Kier molecular flexibility index (Phi) is 5.56. The molecule has 8 heteroatoms. The van der Waals surface area contributed by atoms with Gasteiger partial charge in [0.2, 0.25) is 0 Å². The van der Waals surface area contributed by atoms with Crippen molar-refractivity contribution in [1.82, 2.24) is 14.5 Å². The fourth-order valence-electron chi connectivity index (χ4n) is 3.09. The summed E-state index contributed by atoms with van der Waals surface area (Å²) in [6, 6.07) is 7.48. The molecule has 0 fully saturated rings. The number of rotatable bonds is 7. The van der Waals surface area contributed by atoms with Crippen LogP contribution in [0.4, 0.5) is 5.69 Å². The van der Waals surface area contributed by atoms with Crippen LogP contribution in [0.1, 0.15) is 12.7 Å². The largest absolute Gasteiger partial charge is 0.466 e. The number of aliphatic hydroxyl groups is 1. The number of aliphatic hydroxyl groups excluding tert-OH is 1. The third-order valence-corrected chi connectivity index (χ3v) is 4.41. The van der Waals surface area contributed by atoms with Gasteiger partial charge in [0.05, 0.1) is 37.2 Å². The van der Waals surface area contributed by atoms with E-state index in [1.165, 1.54) is 12.0 Å². The van der Waals surface area contributed by atoms with Crippen LogP contribution in [0, 0.1) is 0 Å². The van der Waals surface area contributed by atoms with Crippen molar-refractivity contribution in [3.8, 4) is 5.69 Å². The lowest BCUT2D eigenvalue weighted by atomic mass is 10.2. The zero-order valence-corrected chi connectivity index (χ0v) is 15.3. The van der Waals surface area contributed by atoms with Gasteiger partial charge in [-0.2, -0.15) is 0 Å². The van der Waals surface area contributed by atoms with E-state index in [2.05, 4.69) is 10.3 Å². The minimum Gasteiger partial charge on any atom is -0.466 e. The van der Waals surface area contributed by atoms with Crippen molar-refractivity contribution in [2.75, 3.05) is 32.1 Å². The van der Waals surface area contributed by atoms with Crippen LogP contribution in [0.2, 0.25) is 0 Å². The van der Waals surface area contributed by atoms with Crippen LogP contribution in [-0.4, -0.2) is 58.2 Å². The first-order valence-corrected chi connectivity index (χ1v) is 8.71. The Morgan fingerprint density at radius 1 is 1.37 bits per heavy atom. The standard InChI is InChI=1S/C19H22N4O4/c1-3-16-20-8-9-23(16)15-7-5-4-6-14(15)21-17-13(19(26)27-2)12-22(10-11-24)18(17)25/h4-9,21,24H,3,10-12H2,1-2H3. The summed E-state index contributed by atoms with van der Waals surface area (Å²) in [5.74, 6) is -0.0349. The van der Waals surface area contributed by atoms with Crippen molar-refractivity contribution in [1.29, 1.82) is 0 Å². The smallest absolute Gasteiger partial charge is 0.337 e. The molecule has 0 saturated carbocycles. The summed E-state index contributed by atoms with van der Waals surface area (Å²) >= 11 is 0. The number of anilines is 1. The molecule has 0 unspecified atom stereocenters. The topological polar surface area (TPSA) is 96.7 Å². The van der Waals surface area contributed by atoms with Gasteiger partial charge in [-0.05, 0) is 12.1 Å². The normalized spacial score (nSPS) is 14.0. The van der Waals surface area contributed by atoms with Crippen molar-refractivity contribution in [2.24, 2.45) is 0 Å². The summed E-state index contributed by atoms with van der Waals surface area (Å²) < 4.78 is 6.76. The molecule has 1 aromatic heterocycles. The molecule has 1 aromatic carbocycles. The van der Waals surface area contributed by atoms with Crippen LogP contribution >= 0.6 is 0 Å². The van der Waals surface area contributed by atoms with Gasteiger partial charge in [-0.25, -0.2) is 9.78 Å². The number of para-hydroxylation sites is 2. The molecule has 0 atom stereocenters. The van der Waals surface area contributed by atoms with Crippen LogP contribution in [0.5, 0.6) is 0 Å². The molecule has 8 nitrogen and oxygen atoms in total. The number of aromatic nitrogens is 2. The molecule has 2 aromatic rings. The first-order chi connectivity index (χ1) is 13.1. The fraction of sp³-hybridized carbons (Fsp3) is 0.316. The van der Waals surface area contributed by atoms with Crippen molar-refractivity contribution in [3.05, 3.63) is 53.8 Å². The molecule has 1 amide bonds. The van der Waals surface area contributed by atoms with E-state index >= 15 is 0 Å². The van der Waals surface area contributed by atoms with E-state index in [0.717, 1.165) is 17.9 Å². The molecule has 1 aliphatic heterocycles. The van der Waals surface area contributed by atoms with Crippen LogP contribution < -0.4 is 5.32 Å². The Hall–Kier alpha value is -3.13. The number of β-amino-alcohol motifs (C(OH)–C–C–N with tert-alkyl or cyclic N) is 1. The van der Waals surface area contributed by atoms with E-state index in [1.54, 1.807) is 6.20 Å². The molecule has 142 valence electrons. The summed E-state index contributed by atoms with van der Waals surface area (Å²) in [5, 5.41) is 12.3. The summed E-state index contributed by atoms with van der Waals surface area (Å²) in [6.07, 6.45) is 4.32. The summed E-state index contributed by atoms with van der Waals surface area (Å²) in [6.45, 7) is 2.08. The maximum atomic E-state index is 12.7. The molecule has 0 aliphatic carbocycles. The monoisotopic (exact) mass is 370 g/mol. The summed E-state index contributed by atoms with van der Waals surface area (Å²) in [7, 11) is 1.28. The van der Waals surface area contributed by atoms with Gasteiger partial charge in [0, 0.05) is 25.4 Å². The quantitative estimate of drug-likeness (QED) is 0.709. The van der Waals surface area contributed by atoms with Gasteiger partial charge in [-0.15, -0.1) is 0 Å². The van der Waals surface area contributed by atoms with Crippen molar-refractivity contribution < 1.29 is 19.4 Å². The lowest BCUT2D eigenvalue weighted by Gasteiger charge is -2.17. The van der Waals surface area contributed by atoms with Crippen LogP contribution in [-0.2, 0) is 20.7 Å². The number of hydrogen-bond acceptors (Lipinski definition) is 6. The number of esters is 1. The molecule has 2 heterocycles. The highest BCUT2D eigenvalue weighted by Gasteiger charge is 2.34. The Balaban J connectivity index is 2.00. The molecule has 0 bridgehead atoms. The number of nitrogens with one attached hydrogen (secondary N) is 1. The third-order valence-electron chi connectivity index (χ3n) is 4.41. The third kappa shape index (κ3) is 3.56. The number of amides is 1. The number of carbonyl (C=O) groups is 2. The van der Waals surface area contributed by atoms with Crippen molar-refractivity contribution in [3.63, 3.8) is 0 Å². The van der Waals surface area contributed by atoms with E-state index in [-0.39, 0.29) is 36.9 Å². The molecule has 2 N–H and O–H groups in total. The Labute approximate surface area is 157 Å². The van der Waals surface area contributed by atoms with Gasteiger partial charge < -0.3 is 24.6 Å². The molecular formula is C19H22N4O4. The minimum absolute atomic E-state index is 0.0991. The van der Waals surface area contributed by atoms with E-state index in [4.69, 9.17) is 4.74 Å². The number of benzene rings is 1. The van der Waals surface area contributed by atoms with Gasteiger partial charge in [0.25, 0.3) is 5.91 Å².